The lowest BCUT2D eigenvalue weighted by Crippen LogP contribution is -2.31. The van der Waals surface area contributed by atoms with Gasteiger partial charge in [-0.15, -0.1) is 12.4 Å². The molecule has 0 aromatic carbocycles. The summed E-state index contributed by atoms with van der Waals surface area (Å²) < 4.78 is 0. The Balaban J connectivity index is 0. The third-order valence-corrected chi connectivity index (χ3v) is 1.67. The van der Waals surface area contributed by atoms with Gasteiger partial charge in [-0.2, -0.15) is 0 Å². The Bertz CT molecular complexity index is 119. The number of rotatable bonds is 4. The number of carboxylic acid groups (broad SMARTS) is 1. The molecule has 0 aromatic heterocycles. The molecule has 3 nitrogen and oxygen atoms in total. The van der Waals surface area contributed by atoms with Gasteiger partial charge >= 0.3 is 5.97 Å². The molecule has 2 atom stereocenters. The molecule has 0 aliphatic carbocycles. The molecule has 3 N–H and O–H groups in total. The lowest BCUT2D eigenvalue weighted by molar-refractivity contribution is -0.138. The molecule has 0 aromatic rings. The summed E-state index contributed by atoms with van der Waals surface area (Å²) in [6.07, 6.45) is 1.56. The van der Waals surface area contributed by atoms with Gasteiger partial charge in [-0.3, -0.25) is 4.79 Å². The van der Waals surface area contributed by atoms with Crippen molar-refractivity contribution in [1.82, 2.24) is 0 Å². The Morgan fingerprint density at radius 2 is 2.09 bits per heavy atom. The zero-order chi connectivity index (χ0) is 8.15. The number of hydrogen-bond donors (Lipinski definition) is 2. The van der Waals surface area contributed by atoms with Crippen molar-refractivity contribution in [2.24, 2.45) is 11.7 Å². The van der Waals surface area contributed by atoms with Crippen molar-refractivity contribution in [2.75, 3.05) is 0 Å². The fraction of sp³-hybridized carbons (Fsp3) is 0.857. The number of hydrogen-bond acceptors (Lipinski definition) is 2. The first-order chi connectivity index (χ1) is 4.57. The summed E-state index contributed by atoms with van der Waals surface area (Å²) in [7, 11) is 0. The molecule has 2 unspecified atom stereocenters. The van der Waals surface area contributed by atoms with E-state index in [1.807, 2.05) is 13.8 Å². The second kappa shape index (κ2) is 6.43. The first kappa shape index (κ1) is 13.3. The van der Waals surface area contributed by atoms with Crippen LogP contribution in [0.5, 0.6) is 0 Å². The number of nitrogens with two attached hydrogens (primary N) is 1. The van der Waals surface area contributed by atoms with E-state index in [1.165, 1.54) is 0 Å². The van der Waals surface area contributed by atoms with Gasteiger partial charge in [0.15, 0.2) is 0 Å². The van der Waals surface area contributed by atoms with Gasteiger partial charge in [-0.25, -0.2) is 0 Å². The molecule has 0 rings (SSSR count). The van der Waals surface area contributed by atoms with E-state index in [1.54, 1.807) is 0 Å². The van der Waals surface area contributed by atoms with E-state index < -0.39 is 12.0 Å². The van der Waals surface area contributed by atoms with Crippen LogP contribution in [-0.4, -0.2) is 17.1 Å². The molecule has 0 radical (unpaired) electrons. The molecule has 0 saturated heterocycles. The number of halogens is 1. The van der Waals surface area contributed by atoms with Crippen molar-refractivity contribution in [3.8, 4) is 0 Å². The third kappa shape index (κ3) is 6.13. The first-order valence-electron chi connectivity index (χ1n) is 3.56. The summed E-state index contributed by atoms with van der Waals surface area (Å²) in [5, 5.41) is 8.40. The average molecular weight is 182 g/mol. The van der Waals surface area contributed by atoms with Gasteiger partial charge in [-0.05, 0) is 12.3 Å². The predicted molar refractivity (Wildman–Crippen MR) is 46.9 cm³/mol. The first-order valence-corrected chi connectivity index (χ1v) is 3.56. The average Bonchev–Trinajstić information content (AvgIpc) is 1.87. The summed E-state index contributed by atoms with van der Waals surface area (Å²) >= 11 is 0. The zero-order valence-electron chi connectivity index (χ0n) is 6.91. The van der Waals surface area contributed by atoms with Crippen LogP contribution in [0, 0.1) is 5.92 Å². The molecular weight excluding hydrogens is 166 g/mol. The van der Waals surface area contributed by atoms with E-state index in [0.717, 1.165) is 6.42 Å². The Hall–Kier alpha value is -0.280. The van der Waals surface area contributed by atoms with Crippen molar-refractivity contribution in [2.45, 2.75) is 32.7 Å². The van der Waals surface area contributed by atoms with Crippen molar-refractivity contribution >= 4 is 18.4 Å². The van der Waals surface area contributed by atoms with Crippen LogP contribution in [0.3, 0.4) is 0 Å². The largest absolute Gasteiger partial charge is 0.480 e. The molecule has 0 fully saturated rings. The maximum absolute atomic E-state index is 10.2. The summed E-state index contributed by atoms with van der Waals surface area (Å²) in [6.45, 7) is 4.03. The molecular formula is C7H16ClNO2. The monoisotopic (exact) mass is 181 g/mol. The molecule has 11 heavy (non-hydrogen) atoms. The maximum Gasteiger partial charge on any atom is 0.320 e. The van der Waals surface area contributed by atoms with Crippen molar-refractivity contribution in [1.29, 1.82) is 0 Å². The number of carbonyl (C=O) groups is 1. The van der Waals surface area contributed by atoms with E-state index >= 15 is 0 Å². The van der Waals surface area contributed by atoms with Gasteiger partial charge in [0.1, 0.15) is 6.04 Å². The third-order valence-electron chi connectivity index (χ3n) is 1.67. The van der Waals surface area contributed by atoms with Gasteiger partial charge in [0.05, 0.1) is 0 Å². The van der Waals surface area contributed by atoms with Crippen LogP contribution >= 0.6 is 12.4 Å². The summed E-state index contributed by atoms with van der Waals surface area (Å²) in [5.41, 5.74) is 5.29. The van der Waals surface area contributed by atoms with Gasteiger partial charge in [0.2, 0.25) is 0 Å². The lowest BCUT2D eigenvalue weighted by Gasteiger charge is -2.10. The molecule has 0 saturated carbocycles. The van der Waals surface area contributed by atoms with Gasteiger partial charge in [0, 0.05) is 0 Å². The van der Waals surface area contributed by atoms with Crippen LogP contribution < -0.4 is 5.73 Å². The minimum atomic E-state index is -0.902. The highest BCUT2D eigenvalue weighted by Gasteiger charge is 2.13. The van der Waals surface area contributed by atoms with Gasteiger partial charge in [0.25, 0.3) is 0 Å². The SMILES string of the molecule is CCC(C)CC(N)C(=O)O.Cl. The molecule has 4 heteroatoms. The quantitative estimate of drug-likeness (QED) is 0.687. The van der Waals surface area contributed by atoms with Crippen molar-refractivity contribution in [3.63, 3.8) is 0 Å². The smallest absolute Gasteiger partial charge is 0.320 e. The zero-order valence-corrected chi connectivity index (χ0v) is 7.73. The van der Waals surface area contributed by atoms with E-state index in [-0.39, 0.29) is 12.4 Å². The van der Waals surface area contributed by atoms with Crippen LogP contribution in [0.4, 0.5) is 0 Å². The van der Waals surface area contributed by atoms with Gasteiger partial charge < -0.3 is 10.8 Å². The van der Waals surface area contributed by atoms with Crippen molar-refractivity contribution in [3.05, 3.63) is 0 Å². The normalized spacial score (nSPS) is 14.8. The van der Waals surface area contributed by atoms with Crippen LogP contribution in [0.25, 0.3) is 0 Å². The van der Waals surface area contributed by atoms with Gasteiger partial charge in [-0.1, -0.05) is 20.3 Å². The second-order valence-corrected chi connectivity index (χ2v) is 2.69. The Morgan fingerprint density at radius 3 is 2.36 bits per heavy atom. The van der Waals surface area contributed by atoms with E-state index in [4.69, 9.17) is 10.8 Å². The molecule has 0 amide bonds. The van der Waals surface area contributed by atoms with E-state index in [2.05, 4.69) is 0 Å². The molecule has 0 spiro atoms. The second-order valence-electron chi connectivity index (χ2n) is 2.69. The highest BCUT2D eigenvalue weighted by Crippen LogP contribution is 2.07. The van der Waals surface area contributed by atoms with Crippen LogP contribution in [0.15, 0.2) is 0 Å². The highest BCUT2D eigenvalue weighted by atomic mass is 35.5. The van der Waals surface area contributed by atoms with Crippen molar-refractivity contribution < 1.29 is 9.90 Å². The summed E-state index contributed by atoms with van der Waals surface area (Å²) in [6, 6.07) is -0.685. The Morgan fingerprint density at radius 1 is 1.64 bits per heavy atom. The molecule has 0 heterocycles. The highest BCUT2D eigenvalue weighted by molar-refractivity contribution is 5.85. The number of carboxylic acids is 1. The predicted octanol–water partition coefficient (Wildman–Crippen LogP) is 1.26. The minimum absolute atomic E-state index is 0. The molecule has 0 bridgehead atoms. The minimum Gasteiger partial charge on any atom is -0.480 e. The maximum atomic E-state index is 10.2. The van der Waals surface area contributed by atoms with Crippen LogP contribution in [0.2, 0.25) is 0 Å². The summed E-state index contributed by atoms with van der Waals surface area (Å²) in [4.78, 5) is 10.2. The fourth-order valence-corrected chi connectivity index (χ4v) is 0.701. The topological polar surface area (TPSA) is 63.3 Å². The Kier molecular flexibility index (Phi) is 7.79. The van der Waals surface area contributed by atoms with Crippen LogP contribution in [-0.2, 0) is 4.79 Å². The van der Waals surface area contributed by atoms with Crippen LogP contribution in [0.1, 0.15) is 26.7 Å². The number of aliphatic carboxylic acids is 1. The standard InChI is InChI=1S/C7H15NO2.ClH/c1-3-5(2)4-6(8)7(9)10;/h5-6H,3-4,8H2,1-2H3,(H,9,10);1H. The van der Waals surface area contributed by atoms with E-state index in [0.29, 0.717) is 12.3 Å². The Labute approximate surface area is 73.4 Å². The molecule has 0 aliphatic rings. The van der Waals surface area contributed by atoms with E-state index in [9.17, 15) is 4.79 Å². The lowest BCUT2D eigenvalue weighted by atomic mass is 10.0. The molecule has 0 aliphatic heterocycles. The molecule has 68 valence electrons. The summed E-state index contributed by atoms with van der Waals surface area (Å²) in [5.74, 6) is -0.494. The fourth-order valence-electron chi connectivity index (χ4n) is 0.701.